The van der Waals surface area contributed by atoms with Crippen molar-refractivity contribution in [1.29, 1.82) is 0 Å². The molecule has 6 nitrogen and oxygen atoms in total. The van der Waals surface area contributed by atoms with Crippen molar-refractivity contribution in [3.63, 3.8) is 0 Å². The highest BCUT2D eigenvalue weighted by Gasteiger charge is 2.18. The Morgan fingerprint density at radius 3 is 1.78 bits per heavy atom. The SMILES string of the molecule is Cc1cc(S(=O)(=O)NCc2ccccc2)ccc1OCC(=O)N(Cc1ccccc1)Cc1ccccc1. The number of amides is 1. The molecule has 0 aliphatic rings. The summed E-state index contributed by atoms with van der Waals surface area (Å²) in [6, 6.07) is 33.6. The summed E-state index contributed by atoms with van der Waals surface area (Å²) in [5, 5.41) is 0. The lowest BCUT2D eigenvalue weighted by Crippen LogP contribution is -2.34. The van der Waals surface area contributed by atoms with Crippen molar-refractivity contribution in [1.82, 2.24) is 9.62 Å². The van der Waals surface area contributed by atoms with Gasteiger partial charge in [-0.2, -0.15) is 0 Å². The number of aryl methyl sites for hydroxylation is 1. The number of hydrogen-bond donors (Lipinski definition) is 1. The molecule has 4 rings (SSSR count). The van der Waals surface area contributed by atoms with E-state index >= 15 is 0 Å². The zero-order valence-corrected chi connectivity index (χ0v) is 21.5. The van der Waals surface area contributed by atoms with E-state index in [-0.39, 0.29) is 24.0 Å². The minimum absolute atomic E-state index is 0.148. The number of carbonyl (C=O) groups is 1. The van der Waals surface area contributed by atoms with Gasteiger partial charge in [0, 0.05) is 19.6 Å². The van der Waals surface area contributed by atoms with E-state index in [9.17, 15) is 13.2 Å². The molecule has 0 unspecified atom stereocenters. The van der Waals surface area contributed by atoms with E-state index in [0.717, 1.165) is 16.7 Å². The smallest absolute Gasteiger partial charge is 0.261 e. The van der Waals surface area contributed by atoms with Crippen LogP contribution in [-0.4, -0.2) is 25.8 Å². The third-order valence-corrected chi connectivity index (χ3v) is 7.30. The molecule has 0 aromatic heterocycles. The van der Waals surface area contributed by atoms with E-state index in [1.165, 1.54) is 6.07 Å². The molecule has 0 atom stereocenters. The summed E-state index contributed by atoms with van der Waals surface area (Å²) < 4.78 is 34.0. The van der Waals surface area contributed by atoms with E-state index in [1.54, 1.807) is 24.0 Å². The molecule has 4 aromatic carbocycles. The Morgan fingerprint density at radius 2 is 1.27 bits per heavy atom. The van der Waals surface area contributed by atoms with Gasteiger partial charge in [0.2, 0.25) is 10.0 Å². The van der Waals surface area contributed by atoms with Crippen molar-refractivity contribution in [3.8, 4) is 5.75 Å². The summed E-state index contributed by atoms with van der Waals surface area (Å²) in [4.78, 5) is 15.1. The van der Waals surface area contributed by atoms with Gasteiger partial charge >= 0.3 is 0 Å². The number of carbonyl (C=O) groups excluding carboxylic acids is 1. The summed E-state index contributed by atoms with van der Waals surface area (Å²) in [6.45, 7) is 2.73. The molecule has 190 valence electrons. The van der Waals surface area contributed by atoms with Crippen LogP contribution in [0.1, 0.15) is 22.3 Å². The van der Waals surface area contributed by atoms with E-state index < -0.39 is 10.0 Å². The predicted octanol–water partition coefficient (Wildman–Crippen LogP) is 5.08. The molecule has 7 heteroatoms. The fourth-order valence-electron chi connectivity index (χ4n) is 3.88. The number of ether oxygens (including phenoxy) is 1. The van der Waals surface area contributed by atoms with Gasteiger partial charge in [0.1, 0.15) is 5.75 Å². The molecule has 0 fully saturated rings. The Balaban J connectivity index is 1.41. The standard InChI is InChI=1S/C30H30N2O4S/c1-24-19-28(37(34,35)31-20-25-11-5-2-6-12-25)17-18-29(24)36-23-30(33)32(21-26-13-7-3-8-14-26)22-27-15-9-4-10-16-27/h2-19,31H,20-23H2,1H3. The highest BCUT2D eigenvalue weighted by atomic mass is 32.2. The second kappa shape index (κ2) is 12.3. The van der Waals surface area contributed by atoms with Gasteiger partial charge < -0.3 is 9.64 Å². The summed E-state index contributed by atoms with van der Waals surface area (Å²) in [5.41, 5.74) is 3.56. The quantitative estimate of drug-likeness (QED) is 0.303. The van der Waals surface area contributed by atoms with E-state index in [4.69, 9.17) is 4.74 Å². The maximum Gasteiger partial charge on any atom is 0.261 e. The van der Waals surface area contributed by atoms with Crippen LogP contribution in [0.5, 0.6) is 5.75 Å². The van der Waals surface area contributed by atoms with Crippen LogP contribution in [0.3, 0.4) is 0 Å². The molecule has 4 aromatic rings. The summed E-state index contributed by atoms with van der Waals surface area (Å²) >= 11 is 0. The fourth-order valence-corrected chi connectivity index (χ4v) is 4.98. The van der Waals surface area contributed by atoms with Gasteiger partial charge in [-0.15, -0.1) is 0 Å². The maximum atomic E-state index is 13.2. The molecule has 0 aliphatic heterocycles. The Labute approximate surface area is 218 Å². The molecule has 0 radical (unpaired) electrons. The Morgan fingerprint density at radius 1 is 0.757 bits per heavy atom. The highest BCUT2D eigenvalue weighted by molar-refractivity contribution is 7.89. The van der Waals surface area contributed by atoms with Crippen molar-refractivity contribution < 1.29 is 17.9 Å². The van der Waals surface area contributed by atoms with Crippen LogP contribution in [0.2, 0.25) is 0 Å². The average molecular weight is 515 g/mol. The molecule has 0 spiro atoms. The molecule has 0 aliphatic carbocycles. The Bertz CT molecular complexity index is 1370. The monoisotopic (exact) mass is 514 g/mol. The highest BCUT2D eigenvalue weighted by Crippen LogP contribution is 2.22. The fraction of sp³-hybridized carbons (Fsp3) is 0.167. The van der Waals surface area contributed by atoms with Crippen molar-refractivity contribution in [2.75, 3.05) is 6.61 Å². The maximum absolute atomic E-state index is 13.2. The van der Waals surface area contributed by atoms with Crippen LogP contribution in [0, 0.1) is 6.92 Å². The zero-order valence-electron chi connectivity index (χ0n) is 20.7. The normalized spacial score (nSPS) is 11.2. The summed E-state index contributed by atoms with van der Waals surface area (Å²) in [6.07, 6.45) is 0. The van der Waals surface area contributed by atoms with Gasteiger partial charge in [-0.1, -0.05) is 91.0 Å². The minimum atomic E-state index is -3.69. The lowest BCUT2D eigenvalue weighted by atomic mass is 10.1. The first kappa shape index (κ1) is 26.1. The molecule has 37 heavy (non-hydrogen) atoms. The van der Waals surface area contributed by atoms with Crippen molar-refractivity contribution in [3.05, 3.63) is 131 Å². The van der Waals surface area contributed by atoms with E-state index in [1.807, 2.05) is 91.0 Å². The first-order valence-corrected chi connectivity index (χ1v) is 13.5. The predicted molar refractivity (Wildman–Crippen MR) is 144 cm³/mol. The molecular formula is C30H30N2O4S. The minimum Gasteiger partial charge on any atom is -0.483 e. The summed E-state index contributed by atoms with van der Waals surface area (Å²) in [5.74, 6) is 0.308. The van der Waals surface area contributed by atoms with Gasteiger partial charge in [-0.05, 0) is 47.4 Å². The molecule has 0 heterocycles. The second-order valence-electron chi connectivity index (χ2n) is 8.75. The van der Waals surface area contributed by atoms with Gasteiger partial charge in [0.15, 0.2) is 6.61 Å². The third-order valence-electron chi connectivity index (χ3n) is 5.90. The lowest BCUT2D eigenvalue weighted by Gasteiger charge is -2.23. The van der Waals surface area contributed by atoms with E-state index in [2.05, 4.69) is 4.72 Å². The van der Waals surface area contributed by atoms with Gasteiger partial charge in [0.25, 0.3) is 5.91 Å². The summed E-state index contributed by atoms with van der Waals surface area (Å²) in [7, 11) is -3.69. The van der Waals surface area contributed by atoms with Crippen LogP contribution >= 0.6 is 0 Å². The van der Waals surface area contributed by atoms with E-state index in [0.29, 0.717) is 24.4 Å². The van der Waals surface area contributed by atoms with Crippen LogP contribution in [0.4, 0.5) is 0 Å². The van der Waals surface area contributed by atoms with Crippen LogP contribution < -0.4 is 9.46 Å². The molecule has 0 bridgehead atoms. The first-order chi connectivity index (χ1) is 17.9. The largest absolute Gasteiger partial charge is 0.483 e. The first-order valence-electron chi connectivity index (χ1n) is 12.0. The molecule has 1 amide bonds. The topological polar surface area (TPSA) is 75.7 Å². The van der Waals surface area contributed by atoms with Crippen molar-refractivity contribution >= 4 is 15.9 Å². The van der Waals surface area contributed by atoms with Gasteiger partial charge in [0.05, 0.1) is 4.90 Å². The third kappa shape index (κ3) is 7.52. The van der Waals surface area contributed by atoms with Gasteiger partial charge in [-0.3, -0.25) is 4.79 Å². The Kier molecular flexibility index (Phi) is 8.72. The van der Waals surface area contributed by atoms with Crippen LogP contribution in [0.15, 0.2) is 114 Å². The van der Waals surface area contributed by atoms with Crippen molar-refractivity contribution in [2.45, 2.75) is 31.5 Å². The number of sulfonamides is 1. The number of benzene rings is 4. The molecule has 0 saturated heterocycles. The number of rotatable bonds is 11. The zero-order chi connectivity index (χ0) is 26.1. The number of nitrogens with one attached hydrogen (secondary N) is 1. The second-order valence-corrected chi connectivity index (χ2v) is 10.5. The van der Waals surface area contributed by atoms with Crippen LogP contribution in [0.25, 0.3) is 0 Å². The molecule has 0 saturated carbocycles. The molecule has 1 N–H and O–H groups in total. The van der Waals surface area contributed by atoms with Gasteiger partial charge in [-0.25, -0.2) is 13.1 Å². The lowest BCUT2D eigenvalue weighted by molar-refractivity contribution is -0.134. The average Bonchev–Trinajstić information content (AvgIpc) is 2.92. The van der Waals surface area contributed by atoms with Crippen molar-refractivity contribution in [2.24, 2.45) is 0 Å². The number of nitrogens with zero attached hydrogens (tertiary/aromatic N) is 1. The molecular weight excluding hydrogens is 484 g/mol. The Hall–Kier alpha value is -3.94. The number of hydrogen-bond acceptors (Lipinski definition) is 4. The van der Waals surface area contributed by atoms with Crippen LogP contribution in [-0.2, 0) is 34.5 Å².